The molecule has 6 nitrogen and oxygen atoms in total. The minimum absolute atomic E-state index is 0.0371. The Morgan fingerprint density at radius 1 is 0.964 bits per heavy atom. The molecule has 0 atom stereocenters. The fourth-order valence-electron chi connectivity index (χ4n) is 2.66. The predicted molar refractivity (Wildman–Crippen MR) is 108 cm³/mol. The molecular weight excluding hydrogens is 356 g/mol. The van der Waals surface area contributed by atoms with Crippen molar-refractivity contribution >= 4 is 11.8 Å². The molecule has 0 saturated heterocycles. The number of nitrogens with one attached hydrogen (secondary N) is 2. The van der Waals surface area contributed by atoms with Crippen LogP contribution in [0.3, 0.4) is 0 Å². The van der Waals surface area contributed by atoms with E-state index in [9.17, 15) is 9.59 Å². The quantitative estimate of drug-likeness (QED) is 0.584. The lowest BCUT2D eigenvalue weighted by molar-refractivity contribution is -0.121. The molecule has 6 heteroatoms. The molecular formula is C22H28N2O4. The summed E-state index contributed by atoms with van der Waals surface area (Å²) in [6.45, 7) is 4.07. The second kappa shape index (κ2) is 11.8. The van der Waals surface area contributed by atoms with Crippen molar-refractivity contribution in [2.75, 3.05) is 20.3 Å². The molecule has 0 aromatic heterocycles. The van der Waals surface area contributed by atoms with Gasteiger partial charge in [0.15, 0.2) is 0 Å². The Kier molecular flexibility index (Phi) is 9.01. The zero-order valence-corrected chi connectivity index (χ0v) is 16.5. The molecule has 0 radical (unpaired) electrons. The summed E-state index contributed by atoms with van der Waals surface area (Å²) in [4.78, 5) is 24.1. The van der Waals surface area contributed by atoms with E-state index in [1.165, 1.54) is 0 Å². The smallest absolute Gasteiger partial charge is 0.251 e. The van der Waals surface area contributed by atoms with Gasteiger partial charge < -0.3 is 20.1 Å². The average molecular weight is 384 g/mol. The van der Waals surface area contributed by atoms with Gasteiger partial charge in [-0.15, -0.1) is 0 Å². The standard InChI is InChI=1S/C22H28N2O4/c1-3-28-16-19-8-5-4-7-18(19)15-24-21(25)9-6-14-23-22(26)17-10-12-20(27-2)13-11-17/h4-5,7-8,10-13H,3,6,9,14-16H2,1-2H3,(H,23,26)(H,24,25). The lowest BCUT2D eigenvalue weighted by Gasteiger charge is -2.11. The van der Waals surface area contributed by atoms with E-state index in [-0.39, 0.29) is 11.8 Å². The zero-order chi connectivity index (χ0) is 20.2. The topological polar surface area (TPSA) is 76.7 Å². The minimum atomic E-state index is -0.159. The van der Waals surface area contributed by atoms with Crippen LogP contribution in [0.1, 0.15) is 41.3 Å². The van der Waals surface area contributed by atoms with Crippen LogP contribution in [0.2, 0.25) is 0 Å². The van der Waals surface area contributed by atoms with Crippen molar-refractivity contribution in [2.24, 2.45) is 0 Å². The second-order valence-corrected chi connectivity index (χ2v) is 6.27. The summed E-state index contributed by atoms with van der Waals surface area (Å²) in [6, 6.07) is 14.8. The molecule has 2 aromatic carbocycles. The van der Waals surface area contributed by atoms with Gasteiger partial charge in [-0.25, -0.2) is 0 Å². The number of methoxy groups -OCH3 is 1. The number of ether oxygens (including phenoxy) is 2. The second-order valence-electron chi connectivity index (χ2n) is 6.27. The van der Waals surface area contributed by atoms with Gasteiger partial charge in [0.05, 0.1) is 13.7 Å². The third kappa shape index (κ3) is 7.04. The van der Waals surface area contributed by atoms with Crippen LogP contribution in [0.5, 0.6) is 5.75 Å². The molecule has 150 valence electrons. The highest BCUT2D eigenvalue weighted by atomic mass is 16.5. The molecule has 0 aliphatic heterocycles. The monoisotopic (exact) mass is 384 g/mol. The molecule has 0 aliphatic rings. The third-order valence-corrected chi connectivity index (χ3v) is 4.27. The summed E-state index contributed by atoms with van der Waals surface area (Å²) in [7, 11) is 1.58. The van der Waals surface area contributed by atoms with Crippen LogP contribution < -0.4 is 15.4 Å². The average Bonchev–Trinajstić information content (AvgIpc) is 2.74. The lowest BCUT2D eigenvalue weighted by atomic mass is 10.1. The Balaban J connectivity index is 1.68. The third-order valence-electron chi connectivity index (χ3n) is 4.27. The number of carbonyl (C=O) groups excluding carboxylic acids is 2. The molecule has 0 bridgehead atoms. The molecule has 0 aliphatic carbocycles. The molecule has 2 aromatic rings. The molecule has 0 saturated carbocycles. The van der Waals surface area contributed by atoms with Crippen molar-refractivity contribution in [1.82, 2.24) is 10.6 Å². The maximum atomic E-state index is 12.1. The highest BCUT2D eigenvalue weighted by Crippen LogP contribution is 2.11. The van der Waals surface area contributed by atoms with E-state index in [4.69, 9.17) is 9.47 Å². The summed E-state index contributed by atoms with van der Waals surface area (Å²) in [5.41, 5.74) is 2.70. The maximum Gasteiger partial charge on any atom is 0.251 e. The van der Waals surface area contributed by atoms with Crippen LogP contribution in [-0.2, 0) is 22.7 Å². The predicted octanol–water partition coefficient (Wildman–Crippen LogP) is 3.06. The molecule has 0 spiro atoms. The SMILES string of the molecule is CCOCc1ccccc1CNC(=O)CCCNC(=O)c1ccc(OC)cc1. The number of hydrogen-bond acceptors (Lipinski definition) is 4. The zero-order valence-electron chi connectivity index (χ0n) is 16.5. The van der Waals surface area contributed by atoms with Crippen LogP contribution in [0.15, 0.2) is 48.5 Å². The van der Waals surface area contributed by atoms with Gasteiger partial charge >= 0.3 is 0 Å². The van der Waals surface area contributed by atoms with Gasteiger partial charge in [-0.2, -0.15) is 0 Å². The largest absolute Gasteiger partial charge is 0.497 e. The first-order chi connectivity index (χ1) is 13.6. The number of carbonyl (C=O) groups is 2. The first kappa shape index (κ1) is 21.4. The van der Waals surface area contributed by atoms with E-state index in [1.54, 1.807) is 31.4 Å². The van der Waals surface area contributed by atoms with Crippen molar-refractivity contribution in [3.63, 3.8) is 0 Å². The van der Waals surface area contributed by atoms with Crippen LogP contribution in [0, 0.1) is 0 Å². The molecule has 0 unspecified atom stereocenters. The van der Waals surface area contributed by atoms with Crippen LogP contribution in [0.25, 0.3) is 0 Å². The molecule has 2 N–H and O–H groups in total. The van der Waals surface area contributed by atoms with Crippen LogP contribution in [0.4, 0.5) is 0 Å². The number of amides is 2. The van der Waals surface area contributed by atoms with E-state index in [2.05, 4.69) is 10.6 Å². The Morgan fingerprint density at radius 2 is 1.68 bits per heavy atom. The number of hydrogen-bond donors (Lipinski definition) is 2. The van der Waals surface area contributed by atoms with Crippen molar-refractivity contribution in [1.29, 1.82) is 0 Å². The van der Waals surface area contributed by atoms with Gasteiger partial charge in [-0.3, -0.25) is 9.59 Å². The minimum Gasteiger partial charge on any atom is -0.497 e. The molecule has 0 fully saturated rings. The summed E-state index contributed by atoms with van der Waals surface area (Å²) < 4.78 is 10.5. The fourth-order valence-corrected chi connectivity index (χ4v) is 2.66. The number of rotatable bonds is 11. The molecule has 0 heterocycles. The van der Waals surface area contributed by atoms with Crippen LogP contribution >= 0.6 is 0 Å². The first-order valence-corrected chi connectivity index (χ1v) is 9.47. The van der Waals surface area contributed by atoms with Crippen molar-refractivity contribution in [3.05, 3.63) is 65.2 Å². The van der Waals surface area contributed by atoms with E-state index >= 15 is 0 Å². The molecule has 2 amide bonds. The van der Waals surface area contributed by atoms with E-state index < -0.39 is 0 Å². The Bertz CT molecular complexity index is 759. The van der Waals surface area contributed by atoms with Gasteiger partial charge in [0.1, 0.15) is 5.75 Å². The summed E-state index contributed by atoms with van der Waals surface area (Å²) >= 11 is 0. The highest BCUT2D eigenvalue weighted by molar-refractivity contribution is 5.94. The Hall–Kier alpha value is -2.86. The lowest BCUT2D eigenvalue weighted by Crippen LogP contribution is -2.27. The maximum absolute atomic E-state index is 12.1. The van der Waals surface area contributed by atoms with Crippen molar-refractivity contribution in [2.45, 2.75) is 32.9 Å². The van der Waals surface area contributed by atoms with Gasteiger partial charge in [0, 0.05) is 31.7 Å². The first-order valence-electron chi connectivity index (χ1n) is 9.47. The van der Waals surface area contributed by atoms with Gasteiger partial charge in [-0.05, 0) is 48.7 Å². The Morgan fingerprint density at radius 3 is 2.36 bits per heavy atom. The van der Waals surface area contributed by atoms with E-state index in [0.717, 1.165) is 11.1 Å². The highest BCUT2D eigenvalue weighted by Gasteiger charge is 2.07. The van der Waals surface area contributed by atoms with Crippen molar-refractivity contribution in [3.8, 4) is 5.75 Å². The normalized spacial score (nSPS) is 10.4. The summed E-state index contributed by atoms with van der Waals surface area (Å²) in [6.07, 6.45) is 0.935. The van der Waals surface area contributed by atoms with Gasteiger partial charge in [-0.1, -0.05) is 24.3 Å². The molecule has 28 heavy (non-hydrogen) atoms. The summed E-state index contributed by atoms with van der Waals surface area (Å²) in [5.74, 6) is 0.508. The Labute approximate surface area is 166 Å². The van der Waals surface area contributed by atoms with E-state index in [0.29, 0.717) is 50.5 Å². The number of benzene rings is 2. The van der Waals surface area contributed by atoms with E-state index in [1.807, 2.05) is 31.2 Å². The van der Waals surface area contributed by atoms with Crippen LogP contribution in [-0.4, -0.2) is 32.1 Å². The summed E-state index contributed by atoms with van der Waals surface area (Å²) in [5, 5.41) is 5.75. The van der Waals surface area contributed by atoms with Gasteiger partial charge in [0.25, 0.3) is 5.91 Å². The fraction of sp³-hybridized carbons (Fsp3) is 0.364. The van der Waals surface area contributed by atoms with Gasteiger partial charge in [0.2, 0.25) is 5.91 Å². The van der Waals surface area contributed by atoms with Crippen molar-refractivity contribution < 1.29 is 19.1 Å². The molecule has 2 rings (SSSR count).